The van der Waals surface area contributed by atoms with E-state index in [-0.39, 0.29) is 5.91 Å². The molecule has 0 aliphatic carbocycles. The van der Waals surface area contributed by atoms with Crippen LogP contribution in [0, 0.1) is 0 Å². The van der Waals surface area contributed by atoms with Crippen molar-refractivity contribution in [3.8, 4) is 0 Å². The fourth-order valence-electron chi connectivity index (χ4n) is 4.15. The van der Waals surface area contributed by atoms with Gasteiger partial charge < -0.3 is 15.2 Å². The van der Waals surface area contributed by atoms with Gasteiger partial charge in [0.1, 0.15) is 5.82 Å². The zero-order valence-corrected chi connectivity index (χ0v) is 17.4. The molecule has 5 nitrogen and oxygen atoms in total. The molecule has 0 saturated carbocycles. The van der Waals surface area contributed by atoms with Crippen LogP contribution in [0.1, 0.15) is 60.3 Å². The summed E-state index contributed by atoms with van der Waals surface area (Å²) in [7, 11) is 2.12. The zero-order valence-electron chi connectivity index (χ0n) is 17.4. The highest BCUT2D eigenvalue weighted by atomic mass is 16.1. The number of aromatic amines is 1. The number of imidazole rings is 1. The molecule has 1 aromatic heterocycles. The lowest BCUT2D eigenvalue weighted by Gasteiger charge is -2.27. The normalized spacial score (nSPS) is 14.6. The molecule has 1 amide bonds. The number of benzene rings is 2. The Bertz CT molecular complexity index is 960. The molecular formula is C24H30N4O. The van der Waals surface area contributed by atoms with E-state index in [1.807, 2.05) is 24.3 Å². The average Bonchev–Trinajstić information content (AvgIpc) is 3.17. The lowest BCUT2D eigenvalue weighted by atomic mass is 9.99. The minimum atomic E-state index is 0.0337. The van der Waals surface area contributed by atoms with Crippen molar-refractivity contribution in [2.24, 2.45) is 0 Å². The van der Waals surface area contributed by atoms with Crippen molar-refractivity contribution in [1.82, 2.24) is 15.3 Å². The molecule has 1 atom stereocenters. The van der Waals surface area contributed by atoms with Gasteiger partial charge in [0.05, 0.1) is 11.0 Å². The molecule has 0 spiro atoms. The molecule has 1 aliphatic rings. The van der Waals surface area contributed by atoms with Crippen molar-refractivity contribution in [2.45, 2.75) is 44.9 Å². The lowest BCUT2D eigenvalue weighted by molar-refractivity contribution is 0.0953. The zero-order chi connectivity index (χ0) is 20.2. The maximum absolute atomic E-state index is 12.5. The number of aryl methyl sites for hydroxylation is 1. The largest absolute Gasteiger partial charge is 0.374 e. The Kier molecular flexibility index (Phi) is 5.84. The quantitative estimate of drug-likeness (QED) is 0.577. The summed E-state index contributed by atoms with van der Waals surface area (Å²) in [6, 6.07) is 14.2. The molecule has 29 heavy (non-hydrogen) atoms. The Balaban J connectivity index is 1.22. The number of para-hydroxylation sites is 2. The first-order chi connectivity index (χ1) is 14.1. The van der Waals surface area contributed by atoms with Crippen LogP contribution in [0.4, 0.5) is 5.69 Å². The highest BCUT2D eigenvalue weighted by molar-refractivity contribution is 5.95. The average molecular weight is 391 g/mol. The third-order valence-corrected chi connectivity index (χ3v) is 5.92. The lowest BCUT2D eigenvalue weighted by Crippen LogP contribution is -2.27. The van der Waals surface area contributed by atoms with Gasteiger partial charge in [-0.15, -0.1) is 0 Å². The molecule has 0 bridgehead atoms. The standard InChI is InChI=1S/C24H30N4O/c1-17(23-26-20-10-3-4-11-21(20)27-23)8-5-6-14-25-24(29)19-12-13-22-18(16-19)9-7-15-28(22)2/h3-4,10-13,16-17H,5-9,14-15H2,1-2H3,(H,25,29)(H,26,27)/t17-/m1/s1. The Morgan fingerprint density at radius 3 is 2.97 bits per heavy atom. The molecule has 2 N–H and O–H groups in total. The predicted octanol–water partition coefficient (Wildman–Crippen LogP) is 4.65. The van der Waals surface area contributed by atoms with E-state index in [2.05, 4.69) is 47.4 Å². The first-order valence-electron chi connectivity index (χ1n) is 10.7. The molecule has 0 fully saturated rings. The molecule has 1 aliphatic heterocycles. The summed E-state index contributed by atoms with van der Waals surface area (Å²) in [5.41, 5.74) is 5.43. The van der Waals surface area contributed by atoms with Crippen LogP contribution in [0.3, 0.4) is 0 Å². The third kappa shape index (κ3) is 4.44. The SMILES string of the molecule is C[C@H](CCCCNC(=O)c1ccc2c(c1)CCCN2C)c1nc2ccccc2[nH]1. The summed E-state index contributed by atoms with van der Waals surface area (Å²) < 4.78 is 0. The number of hydrogen-bond donors (Lipinski definition) is 2. The van der Waals surface area contributed by atoms with Gasteiger partial charge in [0.2, 0.25) is 0 Å². The Morgan fingerprint density at radius 1 is 1.24 bits per heavy atom. The van der Waals surface area contributed by atoms with E-state index in [0.717, 1.165) is 61.1 Å². The number of anilines is 1. The van der Waals surface area contributed by atoms with Crippen LogP contribution in [0.25, 0.3) is 11.0 Å². The van der Waals surface area contributed by atoms with Gasteiger partial charge in [-0.1, -0.05) is 25.5 Å². The molecule has 3 aromatic rings. The van der Waals surface area contributed by atoms with Gasteiger partial charge in [-0.05, 0) is 61.6 Å². The van der Waals surface area contributed by atoms with Crippen LogP contribution in [0.15, 0.2) is 42.5 Å². The second-order valence-corrected chi connectivity index (χ2v) is 8.16. The summed E-state index contributed by atoms with van der Waals surface area (Å²) >= 11 is 0. The Morgan fingerprint density at radius 2 is 2.10 bits per heavy atom. The molecule has 2 aromatic carbocycles. The Labute approximate surface area is 172 Å². The topological polar surface area (TPSA) is 61.0 Å². The fraction of sp³-hybridized carbons (Fsp3) is 0.417. The number of hydrogen-bond acceptors (Lipinski definition) is 3. The van der Waals surface area contributed by atoms with Crippen molar-refractivity contribution in [3.05, 3.63) is 59.4 Å². The van der Waals surface area contributed by atoms with Crippen LogP contribution in [-0.4, -0.2) is 36.0 Å². The summed E-state index contributed by atoms with van der Waals surface area (Å²) in [6.07, 6.45) is 5.30. The first kappa shape index (κ1) is 19.5. The molecular weight excluding hydrogens is 360 g/mol. The maximum Gasteiger partial charge on any atom is 0.251 e. The van der Waals surface area contributed by atoms with E-state index in [4.69, 9.17) is 4.98 Å². The van der Waals surface area contributed by atoms with E-state index in [0.29, 0.717) is 12.5 Å². The molecule has 0 unspecified atom stereocenters. The van der Waals surface area contributed by atoms with Gasteiger partial charge in [0.25, 0.3) is 5.91 Å². The van der Waals surface area contributed by atoms with Crippen LogP contribution in [0.5, 0.6) is 0 Å². The minimum absolute atomic E-state index is 0.0337. The van der Waals surface area contributed by atoms with E-state index >= 15 is 0 Å². The van der Waals surface area contributed by atoms with Crippen LogP contribution in [0.2, 0.25) is 0 Å². The minimum Gasteiger partial charge on any atom is -0.374 e. The number of rotatable bonds is 7. The van der Waals surface area contributed by atoms with Gasteiger partial charge in [-0.25, -0.2) is 4.98 Å². The van der Waals surface area contributed by atoms with Gasteiger partial charge >= 0.3 is 0 Å². The summed E-state index contributed by atoms with van der Waals surface area (Å²) in [5.74, 6) is 1.47. The van der Waals surface area contributed by atoms with Gasteiger partial charge in [0.15, 0.2) is 0 Å². The number of amides is 1. The van der Waals surface area contributed by atoms with E-state index < -0.39 is 0 Å². The molecule has 4 rings (SSSR count). The second kappa shape index (κ2) is 8.68. The highest BCUT2D eigenvalue weighted by Gasteiger charge is 2.16. The van der Waals surface area contributed by atoms with Crippen molar-refractivity contribution in [2.75, 3.05) is 25.0 Å². The maximum atomic E-state index is 12.5. The second-order valence-electron chi connectivity index (χ2n) is 8.16. The molecule has 0 saturated heterocycles. The summed E-state index contributed by atoms with van der Waals surface area (Å²) in [5, 5.41) is 3.08. The highest BCUT2D eigenvalue weighted by Crippen LogP contribution is 2.27. The van der Waals surface area contributed by atoms with E-state index in [1.54, 1.807) is 0 Å². The first-order valence-corrected chi connectivity index (χ1v) is 10.7. The van der Waals surface area contributed by atoms with E-state index in [9.17, 15) is 4.79 Å². The number of nitrogens with zero attached hydrogens (tertiary/aromatic N) is 2. The third-order valence-electron chi connectivity index (χ3n) is 5.92. The van der Waals surface area contributed by atoms with Crippen molar-refractivity contribution in [1.29, 1.82) is 0 Å². The van der Waals surface area contributed by atoms with E-state index in [1.165, 1.54) is 11.3 Å². The van der Waals surface area contributed by atoms with Gasteiger partial charge in [-0.2, -0.15) is 0 Å². The number of aromatic nitrogens is 2. The van der Waals surface area contributed by atoms with Crippen molar-refractivity contribution < 1.29 is 4.79 Å². The monoisotopic (exact) mass is 390 g/mol. The number of unbranched alkanes of at least 4 members (excludes halogenated alkanes) is 1. The predicted molar refractivity (Wildman–Crippen MR) is 119 cm³/mol. The van der Waals surface area contributed by atoms with Crippen molar-refractivity contribution in [3.63, 3.8) is 0 Å². The number of nitrogens with one attached hydrogen (secondary N) is 2. The number of H-pyrrole nitrogens is 1. The smallest absolute Gasteiger partial charge is 0.251 e. The summed E-state index contributed by atoms with van der Waals surface area (Å²) in [4.78, 5) is 22.9. The molecule has 2 heterocycles. The Hall–Kier alpha value is -2.82. The fourth-order valence-corrected chi connectivity index (χ4v) is 4.15. The molecule has 152 valence electrons. The molecule has 0 radical (unpaired) electrons. The van der Waals surface area contributed by atoms with Crippen molar-refractivity contribution >= 4 is 22.6 Å². The summed E-state index contributed by atoms with van der Waals surface area (Å²) in [6.45, 7) is 4.01. The number of carbonyl (C=O) groups is 1. The number of carbonyl (C=O) groups excluding carboxylic acids is 1. The molecule has 5 heteroatoms. The van der Waals surface area contributed by atoms with Gasteiger partial charge in [0, 0.05) is 37.3 Å². The van der Waals surface area contributed by atoms with Crippen LogP contribution < -0.4 is 10.2 Å². The number of fused-ring (bicyclic) bond motifs is 2. The van der Waals surface area contributed by atoms with Gasteiger partial charge in [-0.3, -0.25) is 4.79 Å². The van der Waals surface area contributed by atoms with Crippen LogP contribution in [-0.2, 0) is 6.42 Å². The van der Waals surface area contributed by atoms with Crippen LogP contribution >= 0.6 is 0 Å².